The first-order chi connectivity index (χ1) is 11.7. The molecule has 0 radical (unpaired) electrons. The van der Waals surface area contributed by atoms with E-state index in [1.165, 1.54) is 10.6 Å². The van der Waals surface area contributed by atoms with Gasteiger partial charge in [0.05, 0.1) is 17.2 Å². The van der Waals surface area contributed by atoms with Crippen molar-refractivity contribution in [3.8, 4) is 0 Å². The summed E-state index contributed by atoms with van der Waals surface area (Å²) in [6.07, 6.45) is 3.02. The number of hydrogen-bond acceptors (Lipinski definition) is 4. The van der Waals surface area contributed by atoms with E-state index >= 15 is 0 Å². The quantitative estimate of drug-likeness (QED) is 0.355. The van der Waals surface area contributed by atoms with Crippen molar-refractivity contribution in [1.29, 1.82) is 0 Å². The van der Waals surface area contributed by atoms with Crippen LogP contribution in [0.25, 0.3) is 0 Å². The number of halogens is 2. The number of guanidine groups is 1. The first-order valence-corrected chi connectivity index (χ1v) is 9.64. The van der Waals surface area contributed by atoms with Crippen LogP contribution in [0.1, 0.15) is 16.3 Å². The van der Waals surface area contributed by atoms with E-state index in [-0.39, 0.29) is 24.0 Å². The molecule has 1 unspecified atom stereocenters. The number of para-hydroxylation sites is 1. The molecule has 0 bridgehead atoms. The topological polar surface area (TPSA) is 52.6 Å². The molecule has 1 aliphatic heterocycles. The summed E-state index contributed by atoms with van der Waals surface area (Å²) >= 11 is 5.35. The predicted octanol–water partition coefficient (Wildman–Crippen LogP) is 3.78. The zero-order chi connectivity index (χ0) is 16.9. The van der Waals surface area contributed by atoms with Gasteiger partial charge in [0, 0.05) is 41.7 Å². The van der Waals surface area contributed by atoms with Crippen molar-refractivity contribution in [2.75, 3.05) is 25.0 Å². The molecular formula is C17H23BrIN5S. The number of nitrogens with zero attached hydrogens (tertiary/aromatic N) is 3. The minimum absolute atomic E-state index is 0. The summed E-state index contributed by atoms with van der Waals surface area (Å²) in [6, 6.07) is 8.77. The van der Waals surface area contributed by atoms with Crippen LogP contribution in [0.3, 0.4) is 0 Å². The number of thiazole rings is 1. The summed E-state index contributed by atoms with van der Waals surface area (Å²) in [5.74, 6) is 0.847. The zero-order valence-electron chi connectivity index (χ0n) is 14.3. The van der Waals surface area contributed by atoms with Gasteiger partial charge in [-0.25, -0.2) is 4.98 Å². The maximum atomic E-state index is 4.34. The third-order valence-electron chi connectivity index (χ3n) is 4.05. The standard InChI is InChI=1S/C17H22BrN5S.HI/c1-12-20-9-14(24-12)10-21-17(19-2)22-13-7-8-23(11-13)16-6-4-3-5-15(16)18;/h3-6,9,13H,7-8,10-11H2,1-2H3,(H2,19,21,22);1H. The Hall–Kier alpha value is -0.870. The summed E-state index contributed by atoms with van der Waals surface area (Å²) in [5, 5.41) is 7.99. The van der Waals surface area contributed by atoms with Crippen LogP contribution < -0.4 is 15.5 Å². The van der Waals surface area contributed by atoms with E-state index in [0.29, 0.717) is 6.04 Å². The molecule has 8 heteroatoms. The Morgan fingerprint density at radius 1 is 1.44 bits per heavy atom. The molecular weight excluding hydrogens is 513 g/mol. The molecule has 0 amide bonds. The molecule has 3 rings (SSSR count). The third kappa shape index (κ3) is 5.55. The molecule has 2 N–H and O–H groups in total. The van der Waals surface area contributed by atoms with E-state index in [2.05, 4.69) is 59.6 Å². The smallest absolute Gasteiger partial charge is 0.191 e. The number of aromatic nitrogens is 1. The van der Waals surface area contributed by atoms with Crippen LogP contribution in [0.4, 0.5) is 5.69 Å². The maximum Gasteiger partial charge on any atom is 0.191 e. The predicted molar refractivity (Wildman–Crippen MR) is 120 cm³/mol. The number of aryl methyl sites for hydroxylation is 1. The van der Waals surface area contributed by atoms with Crippen LogP contribution >= 0.6 is 51.2 Å². The summed E-state index contributed by atoms with van der Waals surface area (Å²) in [6.45, 7) is 4.80. The third-order valence-corrected chi connectivity index (χ3v) is 5.63. The number of anilines is 1. The van der Waals surface area contributed by atoms with Crippen LogP contribution in [0.15, 0.2) is 39.9 Å². The van der Waals surface area contributed by atoms with E-state index in [1.54, 1.807) is 11.3 Å². The van der Waals surface area contributed by atoms with E-state index in [0.717, 1.165) is 41.5 Å². The van der Waals surface area contributed by atoms with Crippen molar-refractivity contribution in [2.45, 2.75) is 25.9 Å². The Bertz CT molecular complexity index is 721. The van der Waals surface area contributed by atoms with Gasteiger partial charge >= 0.3 is 0 Å². The SMILES string of the molecule is CN=C(NCc1cnc(C)s1)NC1CCN(c2ccccc2Br)C1.I. The van der Waals surface area contributed by atoms with Crippen molar-refractivity contribution in [2.24, 2.45) is 4.99 Å². The fraction of sp³-hybridized carbons (Fsp3) is 0.412. The van der Waals surface area contributed by atoms with Crippen molar-refractivity contribution in [3.63, 3.8) is 0 Å². The highest BCUT2D eigenvalue weighted by molar-refractivity contribution is 14.0. The molecule has 1 fully saturated rings. The molecule has 0 aliphatic carbocycles. The molecule has 5 nitrogen and oxygen atoms in total. The number of benzene rings is 1. The van der Waals surface area contributed by atoms with Gasteiger partial charge in [-0.15, -0.1) is 35.3 Å². The molecule has 0 saturated carbocycles. The molecule has 1 aliphatic rings. The lowest BCUT2D eigenvalue weighted by atomic mass is 10.3. The Balaban J connectivity index is 0.00000225. The average molecular weight is 536 g/mol. The second-order valence-corrected chi connectivity index (χ2v) is 7.97. The highest BCUT2D eigenvalue weighted by atomic mass is 127. The lowest BCUT2D eigenvalue weighted by Crippen LogP contribution is -2.44. The van der Waals surface area contributed by atoms with E-state index in [1.807, 2.05) is 26.2 Å². The van der Waals surface area contributed by atoms with Gasteiger partial charge in [-0.3, -0.25) is 4.99 Å². The highest BCUT2D eigenvalue weighted by Crippen LogP contribution is 2.28. The maximum absolute atomic E-state index is 4.34. The number of hydrogen-bond donors (Lipinski definition) is 2. The van der Waals surface area contributed by atoms with Gasteiger partial charge < -0.3 is 15.5 Å². The van der Waals surface area contributed by atoms with Crippen LogP contribution in [0.5, 0.6) is 0 Å². The Morgan fingerprint density at radius 2 is 2.24 bits per heavy atom. The molecule has 136 valence electrons. The average Bonchev–Trinajstić information content (AvgIpc) is 3.21. The molecule has 1 aromatic carbocycles. The van der Waals surface area contributed by atoms with Crippen LogP contribution in [-0.2, 0) is 6.54 Å². The van der Waals surface area contributed by atoms with E-state index in [9.17, 15) is 0 Å². The molecule has 2 aromatic rings. The van der Waals surface area contributed by atoms with Gasteiger partial charge in [0.15, 0.2) is 5.96 Å². The zero-order valence-corrected chi connectivity index (χ0v) is 19.1. The minimum atomic E-state index is 0. The monoisotopic (exact) mass is 535 g/mol. The van der Waals surface area contributed by atoms with Gasteiger partial charge in [0.2, 0.25) is 0 Å². The number of aliphatic imine (C=N–C) groups is 1. The van der Waals surface area contributed by atoms with Gasteiger partial charge in [-0.1, -0.05) is 12.1 Å². The van der Waals surface area contributed by atoms with Gasteiger partial charge in [0.25, 0.3) is 0 Å². The van der Waals surface area contributed by atoms with Crippen molar-refractivity contribution in [3.05, 3.63) is 44.8 Å². The summed E-state index contributed by atoms with van der Waals surface area (Å²) < 4.78 is 1.15. The summed E-state index contributed by atoms with van der Waals surface area (Å²) in [5.41, 5.74) is 1.25. The Kier molecular flexibility index (Phi) is 7.95. The van der Waals surface area contributed by atoms with Gasteiger partial charge in [0.1, 0.15) is 0 Å². The summed E-state index contributed by atoms with van der Waals surface area (Å²) in [7, 11) is 1.81. The second-order valence-electron chi connectivity index (χ2n) is 5.80. The molecule has 25 heavy (non-hydrogen) atoms. The van der Waals surface area contributed by atoms with Crippen LogP contribution in [-0.4, -0.2) is 37.1 Å². The normalized spacial score (nSPS) is 17.3. The molecule has 0 spiro atoms. The lowest BCUT2D eigenvalue weighted by Gasteiger charge is -2.21. The van der Waals surface area contributed by atoms with Gasteiger partial charge in [-0.05, 0) is 41.4 Å². The minimum Gasteiger partial charge on any atom is -0.368 e. The highest BCUT2D eigenvalue weighted by Gasteiger charge is 2.24. The van der Waals surface area contributed by atoms with E-state index in [4.69, 9.17) is 0 Å². The van der Waals surface area contributed by atoms with Crippen molar-refractivity contribution < 1.29 is 0 Å². The second kappa shape index (κ2) is 9.72. The number of nitrogens with one attached hydrogen (secondary N) is 2. The summed E-state index contributed by atoms with van der Waals surface area (Å²) in [4.78, 5) is 12.2. The van der Waals surface area contributed by atoms with E-state index < -0.39 is 0 Å². The molecule has 2 heterocycles. The van der Waals surface area contributed by atoms with Crippen molar-refractivity contribution >= 4 is 62.9 Å². The molecule has 1 saturated heterocycles. The largest absolute Gasteiger partial charge is 0.368 e. The Labute approximate surface area is 178 Å². The molecule has 1 aromatic heterocycles. The van der Waals surface area contributed by atoms with Crippen molar-refractivity contribution in [1.82, 2.24) is 15.6 Å². The Morgan fingerprint density at radius 3 is 2.92 bits per heavy atom. The van der Waals surface area contributed by atoms with Gasteiger partial charge in [-0.2, -0.15) is 0 Å². The number of rotatable bonds is 4. The first-order valence-electron chi connectivity index (χ1n) is 8.03. The lowest BCUT2D eigenvalue weighted by molar-refractivity contribution is 0.649. The first kappa shape index (κ1) is 20.4. The van der Waals surface area contributed by atoms with Crippen LogP contribution in [0.2, 0.25) is 0 Å². The fourth-order valence-electron chi connectivity index (χ4n) is 2.85. The fourth-order valence-corrected chi connectivity index (χ4v) is 4.12. The molecule has 1 atom stereocenters. The van der Waals surface area contributed by atoms with Crippen LogP contribution in [0, 0.1) is 6.92 Å².